The molecule has 2 heterocycles. The van der Waals surface area contributed by atoms with E-state index in [1.54, 1.807) is 18.2 Å². The number of sulfonamides is 1. The minimum atomic E-state index is -4.76. The predicted molar refractivity (Wildman–Crippen MR) is 187 cm³/mol. The zero-order valence-corrected chi connectivity index (χ0v) is 29.3. The van der Waals surface area contributed by atoms with E-state index in [0.717, 1.165) is 19.4 Å². The molecule has 3 atom stereocenters. The van der Waals surface area contributed by atoms with Gasteiger partial charge in [-0.05, 0) is 66.4 Å². The molecule has 0 radical (unpaired) electrons. The lowest BCUT2D eigenvalue weighted by atomic mass is 9.80. The number of nitrogens with one attached hydrogen (secondary N) is 2. The molecule has 16 heteroatoms. The van der Waals surface area contributed by atoms with Gasteiger partial charge in [-0.2, -0.15) is 22.5 Å². The zero-order chi connectivity index (χ0) is 37.5. The molecule has 1 aromatic heterocycles. The van der Waals surface area contributed by atoms with Crippen LogP contribution in [0.5, 0.6) is 0 Å². The van der Waals surface area contributed by atoms with Crippen molar-refractivity contribution in [1.82, 2.24) is 14.6 Å². The van der Waals surface area contributed by atoms with Crippen molar-refractivity contribution in [3.8, 4) is 0 Å². The number of halogens is 5. The minimum Gasteiger partial charge on any atom is -0.451 e. The minimum absolute atomic E-state index is 0.00845. The molecule has 1 fully saturated rings. The molecule has 1 aliphatic heterocycles. The highest BCUT2D eigenvalue weighted by atomic mass is 35.5. The van der Waals surface area contributed by atoms with Gasteiger partial charge in [0.25, 0.3) is 0 Å². The Morgan fingerprint density at radius 3 is 2.50 bits per heavy atom. The monoisotopic (exact) mass is 759 g/mol. The largest absolute Gasteiger partial charge is 0.451 e. The number of alkyl halides is 3. The van der Waals surface area contributed by atoms with E-state index in [9.17, 15) is 31.2 Å². The Morgan fingerprint density at radius 2 is 1.81 bits per heavy atom. The number of carbonyl (C=O) groups excluding carboxylic acids is 2. The van der Waals surface area contributed by atoms with E-state index in [4.69, 9.17) is 11.6 Å². The second-order valence-electron chi connectivity index (χ2n) is 11.9. The fourth-order valence-corrected chi connectivity index (χ4v) is 7.85. The maximum absolute atomic E-state index is 15.5. The van der Waals surface area contributed by atoms with Gasteiger partial charge in [-0.15, -0.1) is 0 Å². The van der Waals surface area contributed by atoms with E-state index < -0.39 is 57.5 Å². The Morgan fingerprint density at radius 1 is 1.08 bits per heavy atom. The second kappa shape index (κ2) is 16.8. The Hall–Kier alpha value is -4.70. The van der Waals surface area contributed by atoms with Gasteiger partial charge in [0.15, 0.2) is 0 Å². The third-order valence-corrected chi connectivity index (χ3v) is 10.8. The number of hydrogen-bond donors (Lipinski definition) is 2. The van der Waals surface area contributed by atoms with Crippen LogP contribution in [-0.4, -0.2) is 68.7 Å². The van der Waals surface area contributed by atoms with Crippen LogP contribution in [0.3, 0.4) is 0 Å². The Bertz CT molecular complexity index is 2020. The molecular formula is C36H34ClF4N5O5S. The van der Waals surface area contributed by atoms with Gasteiger partial charge in [0, 0.05) is 66.5 Å². The van der Waals surface area contributed by atoms with Gasteiger partial charge in [0.1, 0.15) is 5.82 Å². The predicted octanol–water partition coefficient (Wildman–Crippen LogP) is 6.71. The molecule has 274 valence electrons. The molecule has 3 aromatic carbocycles. The van der Waals surface area contributed by atoms with Gasteiger partial charge in [0.05, 0.1) is 23.5 Å². The summed E-state index contributed by atoms with van der Waals surface area (Å²) in [6, 6.07) is 18.3. The van der Waals surface area contributed by atoms with Gasteiger partial charge in [-0.1, -0.05) is 48.0 Å². The fraction of sp³-hybridized carbons (Fsp3) is 0.278. The Labute approximate surface area is 302 Å². The molecule has 1 saturated heterocycles. The number of ether oxygens (including phenoxy) is 1. The summed E-state index contributed by atoms with van der Waals surface area (Å²) >= 11 is 6.10. The number of methoxy groups -OCH3 is 1. The molecule has 5 rings (SSSR count). The van der Waals surface area contributed by atoms with Crippen molar-refractivity contribution in [1.29, 1.82) is 0 Å². The molecule has 4 aromatic rings. The number of nitrogens with zero attached hydrogens (tertiary/aromatic N) is 3. The number of rotatable bonds is 11. The molecule has 2 N–H and O–H groups in total. The first-order valence-corrected chi connectivity index (χ1v) is 17.9. The summed E-state index contributed by atoms with van der Waals surface area (Å²) in [6.45, 7) is 0.927. The SMILES string of the molecule is COC(=O)N=CC(C(=O)Nc1cccc(F)c1CCC1CNCCN1S(=O)(=O)c1ccccc1)C(c1ccc(Cl)cc1)c1cncc(C(F)(F)F)c1. The third kappa shape index (κ3) is 9.20. The van der Waals surface area contributed by atoms with Crippen molar-refractivity contribution in [3.63, 3.8) is 0 Å². The molecule has 10 nitrogen and oxygen atoms in total. The van der Waals surface area contributed by atoms with Crippen LogP contribution in [0.1, 0.15) is 34.6 Å². The first-order chi connectivity index (χ1) is 24.8. The van der Waals surface area contributed by atoms with E-state index in [2.05, 4.69) is 25.3 Å². The summed E-state index contributed by atoms with van der Waals surface area (Å²) in [7, 11) is -2.80. The van der Waals surface area contributed by atoms with Gasteiger partial charge in [-0.3, -0.25) is 9.78 Å². The van der Waals surface area contributed by atoms with E-state index >= 15 is 4.39 Å². The molecule has 0 spiro atoms. The van der Waals surface area contributed by atoms with Crippen LogP contribution >= 0.6 is 11.6 Å². The average Bonchev–Trinajstić information content (AvgIpc) is 3.13. The molecule has 0 bridgehead atoms. The number of aromatic nitrogens is 1. The molecule has 52 heavy (non-hydrogen) atoms. The highest BCUT2D eigenvalue weighted by molar-refractivity contribution is 7.89. The number of pyridine rings is 1. The Balaban J connectivity index is 1.49. The Kier molecular flexibility index (Phi) is 12.4. The highest BCUT2D eigenvalue weighted by Crippen LogP contribution is 2.37. The van der Waals surface area contributed by atoms with Gasteiger partial charge in [-0.25, -0.2) is 17.6 Å². The fourth-order valence-electron chi connectivity index (χ4n) is 6.05. The summed E-state index contributed by atoms with van der Waals surface area (Å²) in [5, 5.41) is 6.19. The molecule has 0 saturated carbocycles. The quantitative estimate of drug-likeness (QED) is 0.128. The number of aliphatic imine (C=N–C) groups is 1. The van der Waals surface area contributed by atoms with Crippen LogP contribution in [-0.2, 0) is 32.2 Å². The smallest absolute Gasteiger partial charge is 0.432 e. The van der Waals surface area contributed by atoms with Crippen LogP contribution in [0.15, 0.2) is 101 Å². The number of benzene rings is 3. The number of amides is 2. The summed E-state index contributed by atoms with van der Waals surface area (Å²) < 4.78 is 90.0. The molecule has 3 unspecified atom stereocenters. The van der Waals surface area contributed by atoms with Gasteiger partial charge >= 0.3 is 12.3 Å². The highest BCUT2D eigenvalue weighted by Gasteiger charge is 2.36. The number of carbonyl (C=O) groups is 2. The van der Waals surface area contributed by atoms with E-state index in [1.807, 2.05) is 0 Å². The lowest BCUT2D eigenvalue weighted by molar-refractivity contribution is -0.137. The van der Waals surface area contributed by atoms with Crippen molar-refractivity contribution in [2.24, 2.45) is 10.9 Å². The van der Waals surface area contributed by atoms with Crippen molar-refractivity contribution in [2.45, 2.75) is 35.9 Å². The number of hydrogen-bond acceptors (Lipinski definition) is 7. The zero-order valence-electron chi connectivity index (χ0n) is 27.7. The first kappa shape index (κ1) is 38.5. The summed E-state index contributed by atoms with van der Waals surface area (Å²) in [5.41, 5.74) is -0.643. The van der Waals surface area contributed by atoms with E-state index in [-0.39, 0.29) is 41.1 Å². The van der Waals surface area contributed by atoms with Crippen LogP contribution in [0.2, 0.25) is 5.02 Å². The van der Waals surface area contributed by atoms with Crippen LogP contribution < -0.4 is 10.6 Å². The van der Waals surface area contributed by atoms with Crippen molar-refractivity contribution >= 4 is 45.5 Å². The van der Waals surface area contributed by atoms with Crippen molar-refractivity contribution in [2.75, 3.05) is 32.1 Å². The lowest BCUT2D eigenvalue weighted by Gasteiger charge is -2.35. The maximum atomic E-state index is 15.5. The topological polar surface area (TPSA) is 130 Å². The van der Waals surface area contributed by atoms with Crippen molar-refractivity contribution in [3.05, 3.63) is 124 Å². The van der Waals surface area contributed by atoms with Gasteiger partial charge < -0.3 is 15.4 Å². The standard InChI is InChI=1S/C36H34ClF4N5O5S/c1-51-35(48)44-22-30(33(23-10-12-26(37)13-11-23)24-18-25(20-43-19-24)36(39,40)41)34(47)45-32-9-5-8-31(38)29(32)15-14-27-21-42-16-17-46(27)52(49,50)28-6-3-2-4-7-28/h2-13,18-20,22,27,30,33,42H,14-17,21H2,1H3,(H,45,47). The first-order valence-electron chi connectivity index (χ1n) is 16.0. The molecule has 0 aliphatic carbocycles. The third-order valence-electron chi connectivity index (χ3n) is 8.60. The molecular weight excluding hydrogens is 726 g/mol. The van der Waals surface area contributed by atoms with Crippen LogP contribution in [0.4, 0.5) is 28.0 Å². The van der Waals surface area contributed by atoms with Crippen molar-refractivity contribution < 1.29 is 40.3 Å². The maximum Gasteiger partial charge on any atom is 0.432 e. The van der Waals surface area contributed by atoms with Gasteiger partial charge in [0.2, 0.25) is 15.9 Å². The number of anilines is 1. The number of piperazine rings is 1. The average molecular weight is 760 g/mol. The molecule has 2 amide bonds. The normalized spacial score (nSPS) is 16.7. The van der Waals surface area contributed by atoms with E-state index in [1.165, 1.54) is 65.1 Å². The van der Waals surface area contributed by atoms with Crippen LogP contribution in [0.25, 0.3) is 0 Å². The second-order valence-corrected chi connectivity index (χ2v) is 14.2. The summed E-state index contributed by atoms with van der Waals surface area (Å²) in [6.07, 6.45) is -2.87. The molecule has 1 aliphatic rings. The van der Waals surface area contributed by atoms with Crippen LogP contribution in [0, 0.1) is 11.7 Å². The van der Waals surface area contributed by atoms with E-state index in [0.29, 0.717) is 29.9 Å². The lowest BCUT2D eigenvalue weighted by Crippen LogP contribution is -2.53. The summed E-state index contributed by atoms with van der Waals surface area (Å²) in [4.78, 5) is 33.9. The summed E-state index contributed by atoms with van der Waals surface area (Å²) in [5.74, 6) is -4.17.